The third-order valence-corrected chi connectivity index (χ3v) is 8.23. The molecule has 0 radical (unpaired) electrons. The Bertz CT molecular complexity index is 1150. The molecule has 1 amide bonds. The van der Waals surface area contributed by atoms with E-state index in [4.69, 9.17) is 11.6 Å². The van der Waals surface area contributed by atoms with Crippen molar-refractivity contribution in [2.45, 2.75) is 12.5 Å². The number of halogens is 1. The Labute approximate surface area is 192 Å². The molecule has 2 fully saturated rings. The summed E-state index contributed by atoms with van der Waals surface area (Å²) >= 11 is 6.40. The Morgan fingerprint density at radius 2 is 1.88 bits per heavy atom. The molecule has 2 aliphatic heterocycles. The van der Waals surface area contributed by atoms with E-state index in [1.165, 1.54) is 4.68 Å². The fourth-order valence-electron chi connectivity index (χ4n) is 4.13. The molecule has 0 aliphatic carbocycles. The van der Waals surface area contributed by atoms with Gasteiger partial charge in [-0.05, 0) is 18.6 Å². The summed E-state index contributed by atoms with van der Waals surface area (Å²) in [5.41, 5.74) is 0.859. The van der Waals surface area contributed by atoms with Gasteiger partial charge in [0.2, 0.25) is 5.91 Å². The molecular weight excluding hydrogens is 454 g/mol. The van der Waals surface area contributed by atoms with Crippen molar-refractivity contribution in [3.63, 3.8) is 0 Å². The van der Waals surface area contributed by atoms with Crippen molar-refractivity contribution in [1.82, 2.24) is 19.6 Å². The minimum Gasteiger partial charge on any atom is -0.366 e. The average molecular weight is 480 g/mol. The van der Waals surface area contributed by atoms with Gasteiger partial charge in [0.1, 0.15) is 5.02 Å². The summed E-state index contributed by atoms with van der Waals surface area (Å²) < 4.78 is 24.7. The van der Waals surface area contributed by atoms with Crippen LogP contribution in [0.1, 0.15) is 6.42 Å². The molecule has 0 bridgehead atoms. The van der Waals surface area contributed by atoms with Crippen molar-refractivity contribution in [3.05, 3.63) is 51.9 Å². The van der Waals surface area contributed by atoms with Gasteiger partial charge in [-0.3, -0.25) is 14.5 Å². The first-order valence-electron chi connectivity index (χ1n) is 10.5. The van der Waals surface area contributed by atoms with Gasteiger partial charge in [0.15, 0.2) is 9.84 Å². The van der Waals surface area contributed by atoms with Crippen LogP contribution in [0.5, 0.6) is 0 Å². The number of anilines is 1. The van der Waals surface area contributed by atoms with Crippen molar-refractivity contribution in [2.75, 3.05) is 56.2 Å². The minimum absolute atomic E-state index is 0.0447. The van der Waals surface area contributed by atoms with Gasteiger partial charge in [-0.25, -0.2) is 8.42 Å². The molecule has 2 aromatic rings. The van der Waals surface area contributed by atoms with Gasteiger partial charge < -0.3 is 9.80 Å². The van der Waals surface area contributed by atoms with E-state index in [9.17, 15) is 18.0 Å². The predicted molar refractivity (Wildman–Crippen MR) is 123 cm³/mol. The Hall–Kier alpha value is -2.43. The topological polar surface area (TPSA) is 95.8 Å². The lowest BCUT2D eigenvalue weighted by molar-refractivity contribution is -0.132. The van der Waals surface area contributed by atoms with Gasteiger partial charge in [0.25, 0.3) is 5.56 Å². The quantitative estimate of drug-likeness (QED) is 0.621. The maximum absolute atomic E-state index is 12.7. The molecule has 11 heteroatoms. The fourth-order valence-corrected chi connectivity index (χ4v) is 6.15. The van der Waals surface area contributed by atoms with E-state index in [1.54, 1.807) is 30.3 Å². The summed E-state index contributed by atoms with van der Waals surface area (Å²) in [4.78, 5) is 31.0. The Morgan fingerprint density at radius 1 is 1.19 bits per heavy atom. The lowest BCUT2D eigenvalue weighted by Gasteiger charge is -2.36. The number of carbonyl (C=O) groups is 1. The number of benzene rings is 1. The number of aromatic nitrogens is 2. The third-order valence-electron chi connectivity index (χ3n) is 6.12. The highest BCUT2D eigenvalue weighted by atomic mass is 35.5. The lowest BCUT2D eigenvalue weighted by Crippen LogP contribution is -2.51. The van der Waals surface area contributed by atoms with E-state index < -0.39 is 9.84 Å². The van der Waals surface area contributed by atoms with E-state index in [0.29, 0.717) is 44.0 Å². The number of sulfone groups is 1. The first-order chi connectivity index (χ1) is 15.2. The summed E-state index contributed by atoms with van der Waals surface area (Å²) in [6.45, 7) is 2.69. The van der Waals surface area contributed by atoms with Gasteiger partial charge in [-0.2, -0.15) is 9.78 Å². The van der Waals surface area contributed by atoms with E-state index in [-0.39, 0.29) is 40.6 Å². The first-order valence-corrected chi connectivity index (χ1v) is 12.7. The molecule has 0 saturated carbocycles. The molecule has 32 heavy (non-hydrogen) atoms. The predicted octanol–water partition coefficient (Wildman–Crippen LogP) is 0.653. The Kier molecular flexibility index (Phi) is 6.55. The number of para-hydroxylation sites is 1. The van der Waals surface area contributed by atoms with Crippen LogP contribution in [0.4, 0.5) is 5.69 Å². The highest BCUT2D eigenvalue weighted by Crippen LogP contribution is 2.23. The van der Waals surface area contributed by atoms with Gasteiger partial charge in [0.05, 0.1) is 35.6 Å². The lowest BCUT2D eigenvalue weighted by atomic mass is 10.2. The third kappa shape index (κ3) is 4.82. The molecule has 4 rings (SSSR count). The van der Waals surface area contributed by atoms with Crippen LogP contribution in [0.15, 0.2) is 41.3 Å². The second kappa shape index (κ2) is 9.21. The summed E-state index contributed by atoms with van der Waals surface area (Å²) in [5.74, 6) is 0.111. The normalized spacial score (nSPS) is 20.9. The second-order valence-electron chi connectivity index (χ2n) is 8.22. The average Bonchev–Trinajstić information content (AvgIpc) is 3.16. The van der Waals surface area contributed by atoms with Crippen molar-refractivity contribution >= 4 is 33.0 Å². The highest BCUT2D eigenvalue weighted by Gasteiger charge is 2.33. The van der Waals surface area contributed by atoms with Crippen LogP contribution >= 0.6 is 11.6 Å². The van der Waals surface area contributed by atoms with Crippen molar-refractivity contribution in [1.29, 1.82) is 0 Å². The molecule has 9 nitrogen and oxygen atoms in total. The molecule has 172 valence electrons. The number of hydrogen-bond acceptors (Lipinski definition) is 7. The smallest absolute Gasteiger partial charge is 0.292 e. The number of carbonyl (C=O) groups excluding carboxylic acids is 1. The standard InChI is InChI=1S/C21H26ClN5O4S/c1-24(17-7-12-32(30,31)15-17)19(28)14-25-8-10-26(11-9-25)18-13-23-27(21(29)20(18)22)16-5-3-2-4-6-16/h2-6,13,17H,7-12,14-15H2,1H3/t17-/m0/s1. The van der Waals surface area contributed by atoms with Crippen LogP contribution in [-0.4, -0.2) is 91.2 Å². The van der Waals surface area contributed by atoms with E-state index >= 15 is 0 Å². The molecule has 0 N–H and O–H groups in total. The summed E-state index contributed by atoms with van der Waals surface area (Å²) in [6, 6.07) is 8.86. The molecule has 3 heterocycles. The van der Waals surface area contributed by atoms with Gasteiger partial charge >= 0.3 is 0 Å². The molecule has 2 saturated heterocycles. The van der Waals surface area contributed by atoms with E-state index in [0.717, 1.165) is 0 Å². The summed E-state index contributed by atoms with van der Waals surface area (Å²) in [7, 11) is -1.36. The number of piperazine rings is 1. The SMILES string of the molecule is CN(C(=O)CN1CCN(c2cnn(-c3ccccc3)c(=O)c2Cl)CC1)[C@H]1CCS(=O)(=O)C1. The van der Waals surface area contributed by atoms with Crippen molar-refractivity contribution < 1.29 is 13.2 Å². The van der Waals surface area contributed by atoms with Gasteiger partial charge in [0, 0.05) is 39.3 Å². The van der Waals surface area contributed by atoms with Crippen LogP contribution in [0.25, 0.3) is 5.69 Å². The summed E-state index contributed by atoms with van der Waals surface area (Å²) in [5, 5.41) is 4.41. The molecule has 2 aliphatic rings. The fraction of sp³-hybridized carbons (Fsp3) is 0.476. The Balaban J connectivity index is 1.36. The van der Waals surface area contributed by atoms with Crippen LogP contribution in [-0.2, 0) is 14.6 Å². The molecule has 0 unspecified atom stereocenters. The van der Waals surface area contributed by atoms with Crippen LogP contribution in [0.3, 0.4) is 0 Å². The van der Waals surface area contributed by atoms with Gasteiger partial charge in [-0.15, -0.1) is 0 Å². The van der Waals surface area contributed by atoms with Crippen molar-refractivity contribution in [3.8, 4) is 5.69 Å². The van der Waals surface area contributed by atoms with E-state index in [1.807, 2.05) is 28.0 Å². The number of nitrogens with zero attached hydrogens (tertiary/aromatic N) is 5. The van der Waals surface area contributed by atoms with Crippen LogP contribution < -0.4 is 10.5 Å². The first kappa shape index (κ1) is 22.8. The molecule has 1 aromatic carbocycles. The maximum atomic E-state index is 12.7. The molecular formula is C21H26ClN5O4S. The summed E-state index contributed by atoms with van der Waals surface area (Å²) in [6.07, 6.45) is 2.10. The van der Waals surface area contributed by atoms with Crippen molar-refractivity contribution in [2.24, 2.45) is 0 Å². The van der Waals surface area contributed by atoms with Gasteiger partial charge in [-0.1, -0.05) is 29.8 Å². The maximum Gasteiger partial charge on any atom is 0.292 e. The Morgan fingerprint density at radius 3 is 2.50 bits per heavy atom. The number of likely N-dealkylation sites (N-methyl/N-ethyl adjacent to an activating group) is 1. The van der Waals surface area contributed by atoms with Crippen LogP contribution in [0.2, 0.25) is 5.02 Å². The van der Waals surface area contributed by atoms with Crippen LogP contribution in [0, 0.1) is 0 Å². The number of amides is 1. The highest BCUT2D eigenvalue weighted by molar-refractivity contribution is 7.91. The zero-order chi connectivity index (χ0) is 22.9. The largest absolute Gasteiger partial charge is 0.366 e. The zero-order valence-corrected chi connectivity index (χ0v) is 19.4. The number of hydrogen-bond donors (Lipinski definition) is 0. The molecule has 1 aromatic heterocycles. The minimum atomic E-state index is -3.03. The number of rotatable bonds is 5. The monoisotopic (exact) mass is 479 g/mol. The molecule has 0 spiro atoms. The van der Waals surface area contributed by atoms with E-state index in [2.05, 4.69) is 5.10 Å². The molecule has 1 atom stereocenters. The zero-order valence-electron chi connectivity index (χ0n) is 17.9. The second-order valence-corrected chi connectivity index (χ2v) is 10.8.